The van der Waals surface area contributed by atoms with Crippen molar-refractivity contribution < 1.29 is 0 Å². The van der Waals surface area contributed by atoms with Gasteiger partial charge in [-0.05, 0) is 272 Å². The Hall–Kier alpha value is -12.5. The molecule has 0 bridgehead atoms. The molecule has 518 valence electrons. The van der Waals surface area contributed by atoms with Gasteiger partial charge in [-0.1, -0.05) is 258 Å². The van der Waals surface area contributed by atoms with Crippen LogP contribution in [0.25, 0.3) is 65.7 Å². The Morgan fingerprint density at radius 3 is 0.589 bits per heavy atom. The van der Waals surface area contributed by atoms with E-state index in [4.69, 9.17) is 0 Å². The van der Waals surface area contributed by atoms with Crippen LogP contribution in [0.15, 0.2) is 340 Å². The third-order valence-corrected chi connectivity index (χ3v) is 23.2. The van der Waals surface area contributed by atoms with Gasteiger partial charge in [-0.15, -0.1) is 0 Å². The van der Waals surface area contributed by atoms with Gasteiger partial charge in [0.05, 0.1) is 0 Å². The summed E-state index contributed by atoms with van der Waals surface area (Å²) in [5.41, 5.74) is 34.8. The number of anilines is 12. The van der Waals surface area contributed by atoms with Gasteiger partial charge in [0.1, 0.15) is 0 Å². The van der Waals surface area contributed by atoms with Crippen LogP contribution in [0.5, 0.6) is 0 Å². The molecule has 3 aliphatic carbocycles. The molecule has 0 aliphatic heterocycles. The lowest BCUT2D eigenvalue weighted by Crippen LogP contribution is -2.18. The number of hydrogen-bond donors (Lipinski definition) is 0. The number of hydrogen-bond acceptors (Lipinski definition) is 4. The average molecular weight is 1380 g/mol. The van der Waals surface area contributed by atoms with E-state index in [1.165, 1.54) is 133 Å². The first kappa shape index (κ1) is 66.5. The lowest BCUT2D eigenvalue weighted by atomic mass is 9.81. The summed E-state index contributed by atoms with van der Waals surface area (Å²) in [5, 5.41) is 7.37. The zero-order valence-electron chi connectivity index (χ0n) is 62.6. The predicted molar refractivity (Wildman–Crippen MR) is 456 cm³/mol. The molecule has 0 unspecified atom stereocenters. The van der Waals surface area contributed by atoms with Crippen LogP contribution in [0.1, 0.15) is 97.2 Å². The molecule has 0 aromatic heterocycles. The van der Waals surface area contributed by atoms with Crippen molar-refractivity contribution in [3.63, 3.8) is 0 Å². The zero-order chi connectivity index (χ0) is 73.0. The molecule has 16 aromatic rings. The van der Waals surface area contributed by atoms with Gasteiger partial charge in [0.25, 0.3) is 0 Å². The second kappa shape index (κ2) is 26.0. The number of para-hydroxylation sites is 4. The van der Waals surface area contributed by atoms with E-state index in [2.05, 4.69) is 429 Å². The summed E-state index contributed by atoms with van der Waals surface area (Å²) in [6.07, 6.45) is 0. The molecule has 0 heterocycles. The van der Waals surface area contributed by atoms with E-state index < -0.39 is 0 Å². The highest BCUT2D eigenvalue weighted by Gasteiger charge is 2.40. The van der Waals surface area contributed by atoms with Gasteiger partial charge in [0, 0.05) is 84.5 Å². The van der Waals surface area contributed by atoms with Crippen LogP contribution < -0.4 is 19.6 Å². The van der Waals surface area contributed by atoms with E-state index in [1.807, 2.05) is 0 Å². The third kappa shape index (κ3) is 11.6. The smallest absolute Gasteiger partial charge is 0.0468 e. The first-order chi connectivity index (χ1) is 51.9. The Bertz CT molecular complexity index is 5790. The maximum atomic E-state index is 2.45. The predicted octanol–water partition coefficient (Wildman–Crippen LogP) is 28.9. The summed E-state index contributed by atoms with van der Waals surface area (Å²) < 4.78 is 0. The molecule has 3 aliphatic rings. The average Bonchev–Trinajstić information content (AvgIpc) is 1.58. The van der Waals surface area contributed by atoms with E-state index in [0.717, 1.165) is 56.9 Å². The first-order valence-electron chi connectivity index (χ1n) is 37.7. The van der Waals surface area contributed by atoms with Crippen molar-refractivity contribution in [2.24, 2.45) is 0 Å². The SMILES string of the molecule is Cc1ccc2c(c1)C(C)(C)c1cc(N(c3ccccc3)c3ccc4c(c3)C(C)(C)c3cc(N(c5ccccc5)c5ccc6c(c5)C(C)(C)c5cc(C)ccc5-6)ccc3-4)ccc1-2.Cc1ccc2cc(N(c3ccccc3)c3ccc4cc(N(c5ccccc5)c5ccc6cc(C)ccc6c5)ccc4c3)ccc2c1. The van der Waals surface area contributed by atoms with Crippen LogP contribution in [0.4, 0.5) is 68.2 Å². The van der Waals surface area contributed by atoms with E-state index >= 15 is 0 Å². The minimum Gasteiger partial charge on any atom is -0.310 e. The molecule has 4 nitrogen and oxygen atoms in total. The molecule has 0 atom stereocenters. The number of benzene rings is 16. The largest absolute Gasteiger partial charge is 0.310 e. The number of nitrogens with zero attached hydrogens (tertiary/aromatic N) is 4. The molecule has 19 rings (SSSR count). The summed E-state index contributed by atoms with van der Waals surface area (Å²) in [6.45, 7) is 23.0. The zero-order valence-corrected chi connectivity index (χ0v) is 62.6. The van der Waals surface area contributed by atoms with Gasteiger partial charge < -0.3 is 19.6 Å². The molecule has 0 fully saturated rings. The Morgan fingerprint density at radius 1 is 0.159 bits per heavy atom. The summed E-state index contributed by atoms with van der Waals surface area (Å²) in [6, 6.07) is 126. The van der Waals surface area contributed by atoms with Gasteiger partial charge in [0.2, 0.25) is 0 Å². The molecule has 0 saturated heterocycles. The van der Waals surface area contributed by atoms with Crippen LogP contribution in [0.3, 0.4) is 0 Å². The summed E-state index contributed by atoms with van der Waals surface area (Å²) >= 11 is 0. The van der Waals surface area contributed by atoms with E-state index in [0.29, 0.717) is 0 Å². The molecule has 0 amide bonds. The molecule has 107 heavy (non-hydrogen) atoms. The van der Waals surface area contributed by atoms with Gasteiger partial charge >= 0.3 is 0 Å². The molecule has 0 N–H and O–H groups in total. The van der Waals surface area contributed by atoms with Crippen molar-refractivity contribution in [1.82, 2.24) is 0 Å². The minimum atomic E-state index is -0.236. The maximum absolute atomic E-state index is 2.45. The van der Waals surface area contributed by atoms with Gasteiger partial charge in [-0.25, -0.2) is 0 Å². The monoisotopic (exact) mass is 1380 g/mol. The number of aryl methyl sites for hydroxylation is 4. The fourth-order valence-electron chi connectivity index (χ4n) is 17.5. The highest BCUT2D eigenvalue weighted by atomic mass is 15.2. The van der Waals surface area contributed by atoms with Crippen LogP contribution in [-0.4, -0.2) is 0 Å². The van der Waals surface area contributed by atoms with E-state index in [9.17, 15) is 0 Å². The second-order valence-electron chi connectivity index (χ2n) is 31.4. The fraction of sp³-hybridized carbons (Fsp3) is 0.126. The molecule has 0 radical (unpaired) electrons. The van der Waals surface area contributed by atoms with Gasteiger partial charge in [0.15, 0.2) is 0 Å². The van der Waals surface area contributed by atoms with Crippen molar-refractivity contribution in [3.8, 4) is 33.4 Å². The number of fused-ring (bicyclic) bond motifs is 12. The van der Waals surface area contributed by atoms with Gasteiger partial charge in [-0.2, -0.15) is 0 Å². The molecule has 0 spiro atoms. The van der Waals surface area contributed by atoms with E-state index in [-0.39, 0.29) is 16.2 Å². The lowest BCUT2D eigenvalue weighted by Gasteiger charge is -2.30. The third-order valence-electron chi connectivity index (χ3n) is 23.2. The Kier molecular flexibility index (Phi) is 16.1. The molecule has 4 heteroatoms. The van der Waals surface area contributed by atoms with Crippen LogP contribution in [-0.2, 0) is 16.2 Å². The summed E-state index contributed by atoms with van der Waals surface area (Å²) in [5.74, 6) is 0. The Morgan fingerprint density at radius 2 is 0.336 bits per heavy atom. The quantitative estimate of drug-likeness (QED) is 0.121. The lowest BCUT2D eigenvalue weighted by molar-refractivity contribution is 0.659. The first-order valence-corrected chi connectivity index (χ1v) is 37.7. The second-order valence-corrected chi connectivity index (χ2v) is 31.4. The van der Waals surface area contributed by atoms with Crippen LogP contribution >= 0.6 is 0 Å². The van der Waals surface area contributed by atoms with Gasteiger partial charge in [-0.3, -0.25) is 0 Å². The van der Waals surface area contributed by atoms with Crippen molar-refractivity contribution in [1.29, 1.82) is 0 Å². The van der Waals surface area contributed by atoms with Crippen LogP contribution in [0.2, 0.25) is 0 Å². The molecule has 0 saturated carbocycles. The minimum absolute atomic E-state index is 0.0952. The van der Waals surface area contributed by atoms with Crippen molar-refractivity contribution in [2.45, 2.75) is 85.5 Å². The van der Waals surface area contributed by atoms with Crippen molar-refractivity contribution in [3.05, 3.63) is 395 Å². The van der Waals surface area contributed by atoms with E-state index in [1.54, 1.807) is 0 Å². The number of rotatable bonds is 12. The highest BCUT2D eigenvalue weighted by Crippen LogP contribution is 2.56. The topological polar surface area (TPSA) is 13.0 Å². The van der Waals surface area contributed by atoms with Crippen LogP contribution in [0, 0.1) is 27.7 Å². The normalized spacial score (nSPS) is 13.6. The fourth-order valence-corrected chi connectivity index (χ4v) is 17.5. The van der Waals surface area contributed by atoms with Crippen molar-refractivity contribution >= 4 is 101 Å². The molecular weight excluding hydrogens is 1290 g/mol. The maximum Gasteiger partial charge on any atom is 0.0468 e. The summed E-state index contributed by atoms with van der Waals surface area (Å²) in [7, 11) is 0. The summed E-state index contributed by atoms with van der Waals surface area (Å²) in [4.78, 5) is 9.59. The highest BCUT2D eigenvalue weighted by molar-refractivity contribution is 5.98. The van der Waals surface area contributed by atoms with Crippen molar-refractivity contribution in [2.75, 3.05) is 19.6 Å². The molecular formula is C103H86N4. The Balaban J connectivity index is 0.000000157. The molecule has 16 aromatic carbocycles. The Labute approximate surface area is 630 Å². The standard InChI is InChI=1S/C59H52N2.C44H34N2/c1-37-19-25-45-47-27-21-41(33-53(47)57(3,4)51(45)31-37)60(39-15-11-9-12-16-39)43-23-29-49-50-30-24-44(36-56(50)59(7,8)55(49)35-43)61(40-17-13-10-14-18-40)42-22-28-48-46-26-20-38(2)32-52(46)58(5,6)54(48)34-42;1-31-13-15-35-27-41(21-17-33(35)25-31)45(39-9-5-3-6-10-39)43-23-19-38-30-44(24-20-37(38)29-43)46(40-11-7-4-8-12-40)42-22-18-34-26-32(2)14-16-36(34)28-42/h9-36H,1-8H3;3-30H,1-2H3.